The van der Waals surface area contributed by atoms with Crippen LogP contribution in [-0.2, 0) is 6.61 Å². The van der Waals surface area contributed by atoms with Crippen LogP contribution in [0.4, 0.5) is 0 Å². The number of fused-ring (bicyclic) bond motifs is 1. The fourth-order valence-corrected chi connectivity index (χ4v) is 2.98. The number of benzene rings is 3. The average molecular weight is 388 g/mol. The lowest BCUT2D eigenvalue weighted by molar-refractivity contribution is 0.305. The molecule has 0 aliphatic heterocycles. The normalized spacial score (nSPS) is 10.7. The van der Waals surface area contributed by atoms with Crippen molar-refractivity contribution in [2.75, 3.05) is 7.11 Å². The van der Waals surface area contributed by atoms with Gasteiger partial charge in [0, 0.05) is 12.1 Å². The summed E-state index contributed by atoms with van der Waals surface area (Å²) in [5.41, 5.74) is 2.46. The minimum atomic E-state index is -0.250. The number of aryl methyl sites for hydroxylation is 1. The Balaban J connectivity index is 1.56. The van der Waals surface area contributed by atoms with Crippen LogP contribution in [0.15, 0.2) is 82.2 Å². The van der Waals surface area contributed by atoms with E-state index in [1.54, 1.807) is 49.6 Å². The molecule has 4 aromatic rings. The highest BCUT2D eigenvalue weighted by Gasteiger charge is 2.11. The van der Waals surface area contributed by atoms with Gasteiger partial charge in [-0.05, 0) is 42.3 Å². The van der Waals surface area contributed by atoms with E-state index in [4.69, 9.17) is 18.6 Å². The van der Waals surface area contributed by atoms with Gasteiger partial charge in [0.15, 0.2) is 0 Å². The molecule has 0 N–H and O–H groups in total. The van der Waals surface area contributed by atoms with Crippen molar-refractivity contribution in [1.82, 2.24) is 0 Å². The molecule has 4 rings (SSSR count). The van der Waals surface area contributed by atoms with Crippen molar-refractivity contribution in [3.05, 3.63) is 94.3 Å². The summed E-state index contributed by atoms with van der Waals surface area (Å²) in [7, 11) is 1.57. The third-order valence-corrected chi connectivity index (χ3v) is 4.64. The van der Waals surface area contributed by atoms with Crippen molar-refractivity contribution in [1.29, 1.82) is 0 Å². The van der Waals surface area contributed by atoms with Crippen molar-refractivity contribution in [2.24, 2.45) is 0 Å². The molecule has 0 amide bonds. The van der Waals surface area contributed by atoms with E-state index in [0.29, 0.717) is 34.8 Å². The molecule has 0 saturated heterocycles. The molecule has 146 valence electrons. The van der Waals surface area contributed by atoms with Gasteiger partial charge in [-0.3, -0.25) is 4.79 Å². The molecule has 5 nitrogen and oxygen atoms in total. The van der Waals surface area contributed by atoms with Crippen LogP contribution in [-0.4, -0.2) is 7.11 Å². The third-order valence-electron chi connectivity index (χ3n) is 4.64. The van der Waals surface area contributed by atoms with Crippen LogP contribution in [0.2, 0.25) is 0 Å². The Hall–Kier alpha value is -3.73. The topological polar surface area (TPSA) is 57.9 Å². The largest absolute Gasteiger partial charge is 0.497 e. The summed E-state index contributed by atoms with van der Waals surface area (Å²) in [5.74, 6) is 1.88. The van der Waals surface area contributed by atoms with Crippen LogP contribution >= 0.6 is 0 Å². The molecule has 0 fully saturated rings. The second-order valence-electron chi connectivity index (χ2n) is 6.58. The van der Waals surface area contributed by atoms with Crippen LogP contribution in [0.1, 0.15) is 11.1 Å². The first kappa shape index (κ1) is 18.6. The molecule has 0 saturated carbocycles. The molecule has 0 bridgehead atoms. The minimum Gasteiger partial charge on any atom is -0.497 e. The first-order valence-electron chi connectivity index (χ1n) is 9.19. The summed E-state index contributed by atoms with van der Waals surface area (Å²) in [6, 6.07) is 20.2. The van der Waals surface area contributed by atoms with E-state index in [-0.39, 0.29) is 11.2 Å². The number of methoxy groups -OCH3 is 1. The first-order valence-corrected chi connectivity index (χ1v) is 9.19. The average Bonchev–Trinajstić information content (AvgIpc) is 2.75. The molecule has 5 heteroatoms. The predicted molar refractivity (Wildman–Crippen MR) is 111 cm³/mol. The Labute approximate surface area is 168 Å². The quantitative estimate of drug-likeness (QED) is 0.438. The molecule has 1 aromatic heterocycles. The standard InChI is InChI=1S/C24H20O5/c1-16-6-3-4-7-17(16)14-27-19-10-11-21-22(13-19)28-15-23(24(21)25)29-20-9-5-8-18(12-20)26-2/h3-13,15H,14H2,1-2H3. The van der Waals surface area contributed by atoms with E-state index in [1.165, 1.54) is 11.8 Å². The summed E-state index contributed by atoms with van der Waals surface area (Å²) >= 11 is 0. The van der Waals surface area contributed by atoms with Crippen molar-refractivity contribution in [3.8, 4) is 23.0 Å². The van der Waals surface area contributed by atoms with Gasteiger partial charge in [0.2, 0.25) is 11.2 Å². The van der Waals surface area contributed by atoms with Gasteiger partial charge in [-0.1, -0.05) is 30.3 Å². The molecule has 1 heterocycles. The second-order valence-corrected chi connectivity index (χ2v) is 6.58. The summed E-state index contributed by atoms with van der Waals surface area (Å²) in [4.78, 5) is 12.8. The number of ether oxygens (including phenoxy) is 3. The van der Waals surface area contributed by atoms with E-state index < -0.39 is 0 Å². The number of hydrogen-bond acceptors (Lipinski definition) is 5. The van der Waals surface area contributed by atoms with Crippen LogP contribution < -0.4 is 19.6 Å². The van der Waals surface area contributed by atoms with Gasteiger partial charge < -0.3 is 18.6 Å². The fraction of sp³-hybridized carbons (Fsp3) is 0.125. The molecule has 0 radical (unpaired) electrons. The Morgan fingerprint density at radius 3 is 2.55 bits per heavy atom. The van der Waals surface area contributed by atoms with Crippen LogP contribution in [0.5, 0.6) is 23.0 Å². The maximum absolute atomic E-state index is 12.8. The molecule has 3 aromatic carbocycles. The second kappa shape index (κ2) is 8.10. The highest BCUT2D eigenvalue weighted by Crippen LogP contribution is 2.26. The lowest BCUT2D eigenvalue weighted by atomic mass is 10.1. The van der Waals surface area contributed by atoms with Gasteiger partial charge in [0.25, 0.3) is 0 Å². The lowest BCUT2D eigenvalue weighted by Crippen LogP contribution is -2.05. The molecule has 0 unspecified atom stereocenters. The summed E-state index contributed by atoms with van der Waals surface area (Å²) < 4.78 is 22.4. The van der Waals surface area contributed by atoms with Gasteiger partial charge in [-0.2, -0.15) is 0 Å². The van der Waals surface area contributed by atoms with Gasteiger partial charge in [-0.25, -0.2) is 0 Å². The lowest BCUT2D eigenvalue weighted by Gasteiger charge is -2.10. The maximum Gasteiger partial charge on any atom is 0.235 e. The van der Waals surface area contributed by atoms with Crippen molar-refractivity contribution < 1.29 is 18.6 Å². The Morgan fingerprint density at radius 1 is 0.897 bits per heavy atom. The zero-order valence-corrected chi connectivity index (χ0v) is 16.2. The minimum absolute atomic E-state index is 0.110. The summed E-state index contributed by atoms with van der Waals surface area (Å²) in [6.07, 6.45) is 1.31. The van der Waals surface area contributed by atoms with Crippen molar-refractivity contribution >= 4 is 11.0 Å². The Kier molecular flexibility index (Phi) is 5.20. The van der Waals surface area contributed by atoms with E-state index in [9.17, 15) is 4.79 Å². The number of hydrogen-bond donors (Lipinski definition) is 0. The van der Waals surface area contributed by atoms with Crippen LogP contribution in [0.3, 0.4) is 0 Å². The maximum atomic E-state index is 12.8. The van der Waals surface area contributed by atoms with Gasteiger partial charge >= 0.3 is 0 Å². The predicted octanol–water partition coefficient (Wildman–Crippen LogP) is 5.48. The first-order chi connectivity index (χ1) is 14.1. The third kappa shape index (κ3) is 4.09. The van der Waals surface area contributed by atoms with Crippen LogP contribution in [0.25, 0.3) is 11.0 Å². The fourth-order valence-electron chi connectivity index (χ4n) is 2.98. The molecule has 0 aliphatic carbocycles. The van der Waals surface area contributed by atoms with Crippen LogP contribution in [0, 0.1) is 6.92 Å². The highest BCUT2D eigenvalue weighted by atomic mass is 16.5. The zero-order valence-electron chi connectivity index (χ0n) is 16.2. The van der Waals surface area contributed by atoms with Crippen molar-refractivity contribution in [2.45, 2.75) is 13.5 Å². The molecule has 0 atom stereocenters. The highest BCUT2D eigenvalue weighted by molar-refractivity contribution is 5.79. The monoisotopic (exact) mass is 388 g/mol. The Morgan fingerprint density at radius 2 is 1.72 bits per heavy atom. The van der Waals surface area contributed by atoms with E-state index in [1.807, 2.05) is 31.2 Å². The SMILES string of the molecule is COc1cccc(Oc2coc3cc(OCc4ccccc4C)ccc3c2=O)c1. The summed E-state index contributed by atoms with van der Waals surface area (Å²) in [5, 5.41) is 0.425. The zero-order chi connectivity index (χ0) is 20.2. The molecular weight excluding hydrogens is 368 g/mol. The van der Waals surface area contributed by atoms with Gasteiger partial charge in [-0.15, -0.1) is 0 Å². The van der Waals surface area contributed by atoms with E-state index in [2.05, 4.69) is 0 Å². The van der Waals surface area contributed by atoms with Gasteiger partial charge in [0.05, 0.1) is 12.5 Å². The number of rotatable bonds is 6. The summed E-state index contributed by atoms with van der Waals surface area (Å²) in [6.45, 7) is 2.49. The molecule has 29 heavy (non-hydrogen) atoms. The van der Waals surface area contributed by atoms with Gasteiger partial charge in [0.1, 0.15) is 35.7 Å². The molecule has 0 aliphatic rings. The Bertz CT molecular complexity index is 1210. The van der Waals surface area contributed by atoms with E-state index in [0.717, 1.165) is 5.56 Å². The molecule has 0 spiro atoms. The smallest absolute Gasteiger partial charge is 0.235 e. The van der Waals surface area contributed by atoms with Crippen molar-refractivity contribution in [3.63, 3.8) is 0 Å². The van der Waals surface area contributed by atoms with E-state index >= 15 is 0 Å². The molecular formula is C24H20O5.